The molecule has 0 spiro atoms. The lowest BCUT2D eigenvalue weighted by molar-refractivity contribution is 0.585. The van der Waals surface area contributed by atoms with Gasteiger partial charge in [-0.3, -0.25) is 5.10 Å². The van der Waals surface area contributed by atoms with Crippen molar-refractivity contribution in [2.75, 3.05) is 12.4 Å². The van der Waals surface area contributed by atoms with Crippen molar-refractivity contribution in [2.45, 2.75) is 6.92 Å². The minimum atomic E-state index is -0.622. The average molecular weight is 223 g/mol. The number of hydrogen-bond donors (Lipinski definition) is 2. The van der Waals surface area contributed by atoms with Crippen molar-refractivity contribution in [1.82, 2.24) is 10.2 Å². The molecule has 0 aliphatic heterocycles. The zero-order chi connectivity index (χ0) is 11.7. The highest BCUT2D eigenvalue weighted by molar-refractivity contribution is 5.76. The van der Waals surface area contributed by atoms with E-state index < -0.39 is 11.6 Å². The second-order valence-corrected chi connectivity index (χ2v) is 3.45. The van der Waals surface area contributed by atoms with Gasteiger partial charge in [0.05, 0.1) is 11.4 Å². The molecule has 0 unspecified atom stereocenters. The van der Waals surface area contributed by atoms with E-state index in [0.717, 1.165) is 11.8 Å². The Hall–Kier alpha value is -1.91. The molecule has 3 nitrogen and oxygen atoms in total. The molecule has 0 atom stereocenters. The summed E-state index contributed by atoms with van der Waals surface area (Å²) in [5, 5.41) is 9.68. The van der Waals surface area contributed by atoms with Crippen LogP contribution in [0.15, 0.2) is 18.2 Å². The van der Waals surface area contributed by atoms with E-state index in [1.165, 1.54) is 12.1 Å². The maximum absolute atomic E-state index is 13.5. The number of aromatic nitrogens is 2. The highest BCUT2D eigenvalue weighted by Crippen LogP contribution is 2.30. The maximum atomic E-state index is 13.5. The smallest absolute Gasteiger partial charge is 0.135 e. The first-order chi connectivity index (χ1) is 7.63. The molecule has 1 aromatic heterocycles. The van der Waals surface area contributed by atoms with Gasteiger partial charge < -0.3 is 5.32 Å². The molecule has 0 aliphatic carbocycles. The number of anilines is 1. The van der Waals surface area contributed by atoms with Crippen LogP contribution >= 0.6 is 0 Å². The van der Waals surface area contributed by atoms with Gasteiger partial charge in [-0.15, -0.1) is 0 Å². The number of H-pyrrole nitrogens is 1. The topological polar surface area (TPSA) is 40.7 Å². The molecule has 16 heavy (non-hydrogen) atoms. The molecular weight excluding hydrogens is 212 g/mol. The molecule has 1 heterocycles. The minimum absolute atomic E-state index is 0.273. The van der Waals surface area contributed by atoms with E-state index in [2.05, 4.69) is 15.5 Å². The van der Waals surface area contributed by atoms with Crippen molar-refractivity contribution in [3.63, 3.8) is 0 Å². The lowest BCUT2D eigenvalue weighted by atomic mass is 10.1. The lowest BCUT2D eigenvalue weighted by Crippen LogP contribution is -1.93. The molecule has 0 fully saturated rings. The van der Waals surface area contributed by atoms with Gasteiger partial charge >= 0.3 is 0 Å². The van der Waals surface area contributed by atoms with Crippen LogP contribution in [0.1, 0.15) is 5.69 Å². The fourth-order valence-corrected chi connectivity index (χ4v) is 1.61. The Balaban J connectivity index is 2.58. The Kier molecular flexibility index (Phi) is 2.60. The number of hydrogen-bond acceptors (Lipinski definition) is 2. The number of aryl methyl sites for hydroxylation is 1. The van der Waals surface area contributed by atoms with Gasteiger partial charge in [0.25, 0.3) is 0 Å². The number of rotatable bonds is 2. The van der Waals surface area contributed by atoms with Crippen LogP contribution in [0.2, 0.25) is 0 Å². The Labute approximate surface area is 91.5 Å². The standard InChI is InChI=1S/C11H11F2N3/c1-6-10(14-2)11(16-15-6)8-4-3-7(12)5-9(8)13/h3-5,14H,1-2H3,(H,15,16). The van der Waals surface area contributed by atoms with Crippen molar-refractivity contribution >= 4 is 5.69 Å². The molecule has 0 saturated heterocycles. The van der Waals surface area contributed by atoms with Crippen LogP contribution < -0.4 is 5.32 Å². The molecule has 0 radical (unpaired) electrons. The molecule has 2 rings (SSSR count). The SMILES string of the molecule is CNc1c(-c2ccc(F)cc2F)n[nH]c1C. The van der Waals surface area contributed by atoms with E-state index in [1.54, 1.807) is 7.05 Å². The van der Waals surface area contributed by atoms with Gasteiger partial charge in [0.1, 0.15) is 17.3 Å². The Morgan fingerprint density at radius 3 is 2.69 bits per heavy atom. The second kappa shape index (κ2) is 3.92. The largest absolute Gasteiger partial charge is 0.385 e. The van der Waals surface area contributed by atoms with Gasteiger partial charge in [-0.25, -0.2) is 8.78 Å². The van der Waals surface area contributed by atoms with Gasteiger partial charge in [0.2, 0.25) is 0 Å². The molecule has 2 N–H and O–H groups in total. The van der Waals surface area contributed by atoms with Gasteiger partial charge in [-0.1, -0.05) is 0 Å². The van der Waals surface area contributed by atoms with E-state index in [9.17, 15) is 8.78 Å². The van der Waals surface area contributed by atoms with Crippen LogP contribution in [-0.4, -0.2) is 17.2 Å². The fourth-order valence-electron chi connectivity index (χ4n) is 1.61. The van der Waals surface area contributed by atoms with E-state index >= 15 is 0 Å². The van der Waals surface area contributed by atoms with Gasteiger partial charge in [0.15, 0.2) is 0 Å². The number of nitrogens with zero attached hydrogens (tertiary/aromatic N) is 1. The summed E-state index contributed by atoms with van der Waals surface area (Å²) in [5.74, 6) is -1.22. The molecule has 2 aromatic rings. The molecular formula is C11H11F2N3. The normalized spacial score (nSPS) is 10.5. The molecule has 0 aliphatic rings. The summed E-state index contributed by atoms with van der Waals surface area (Å²) in [7, 11) is 1.72. The molecule has 1 aromatic carbocycles. The van der Waals surface area contributed by atoms with E-state index in [1.807, 2.05) is 6.92 Å². The number of benzene rings is 1. The van der Waals surface area contributed by atoms with Crippen LogP contribution in [0.4, 0.5) is 14.5 Å². The van der Waals surface area contributed by atoms with Crippen LogP contribution in [0, 0.1) is 18.6 Å². The summed E-state index contributed by atoms with van der Waals surface area (Å²) >= 11 is 0. The summed E-state index contributed by atoms with van der Waals surface area (Å²) in [6, 6.07) is 3.43. The fraction of sp³-hybridized carbons (Fsp3) is 0.182. The molecule has 0 saturated carbocycles. The van der Waals surface area contributed by atoms with E-state index in [4.69, 9.17) is 0 Å². The first-order valence-corrected chi connectivity index (χ1v) is 4.81. The van der Waals surface area contributed by atoms with Crippen molar-refractivity contribution in [3.05, 3.63) is 35.5 Å². The summed E-state index contributed by atoms with van der Waals surface area (Å²) in [4.78, 5) is 0. The third kappa shape index (κ3) is 1.64. The monoisotopic (exact) mass is 223 g/mol. The molecule has 84 valence electrons. The van der Waals surface area contributed by atoms with E-state index in [0.29, 0.717) is 11.4 Å². The van der Waals surface area contributed by atoms with Gasteiger partial charge in [-0.2, -0.15) is 5.10 Å². The molecule has 0 bridgehead atoms. The first kappa shape index (κ1) is 10.6. The highest BCUT2D eigenvalue weighted by atomic mass is 19.1. The summed E-state index contributed by atoms with van der Waals surface area (Å²) in [6.45, 7) is 1.82. The molecule has 0 amide bonds. The van der Waals surface area contributed by atoms with Crippen molar-refractivity contribution in [1.29, 1.82) is 0 Å². The van der Waals surface area contributed by atoms with Crippen LogP contribution in [0.25, 0.3) is 11.3 Å². The second-order valence-electron chi connectivity index (χ2n) is 3.45. The van der Waals surface area contributed by atoms with Crippen LogP contribution in [0.3, 0.4) is 0 Å². The number of aromatic amines is 1. The highest BCUT2D eigenvalue weighted by Gasteiger charge is 2.14. The summed E-state index contributed by atoms with van der Waals surface area (Å²) < 4.78 is 26.3. The minimum Gasteiger partial charge on any atom is -0.385 e. The van der Waals surface area contributed by atoms with Crippen molar-refractivity contribution < 1.29 is 8.78 Å². The van der Waals surface area contributed by atoms with Crippen molar-refractivity contribution in [3.8, 4) is 11.3 Å². The average Bonchev–Trinajstić information content (AvgIpc) is 2.59. The summed E-state index contributed by atoms with van der Waals surface area (Å²) in [6.07, 6.45) is 0. The maximum Gasteiger partial charge on any atom is 0.135 e. The number of nitrogens with one attached hydrogen (secondary N) is 2. The van der Waals surface area contributed by atoms with Gasteiger partial charge in [0, 0.05) is 18.7 Å². The Morgan fingerprint density at radius 2 is 2.06 bits per heavy atom. The van der Waals surface area contributed by atoms with E-state index in [-0.39, 0.29) is 5.56 Å². The zero-order valence-electron chi connectivity index (χ0n) is 8.94. The number of halogens is 2. The Bertz CT molecular complexity index is 520. The lowest BCUT2D eigenvalue weighted by Gasteiger charge is -2.04. The molecule has 5 heteroatoms. The van der Waals surface area contributed by atoms with Crippen molar-refractivity contribution in [2.24, 2.45) is 0 Å². The zero-order valence-corrected chi connectivity index (χ0v) is 8.94. The third-order valence-corrected chi connectivity index (χ3v) is 2.38. The van der Waals surface area contributed by atoms with Crippen LogP contribution in [0.5, 0.6) is 0 Å². The third-order valence-electron chi connectivity index (χ3n) is 2.38. The predicted molar refractivity (Wildman–Crippen MR) is 58.2 cm³/mol. The Morgan fingerprint density at radius 1 is 1.31 bits per heavy atom. The quantitative estimate of drug-likeness (QED) is 0.821. The van der Waals surface area contributed by atoms with Gasteiger partial charge in [-0.05, 0) is 19.1 Å². The van der Waals surface area contributed by atoms with Crippen LogP contribution in [-0.2, 0) is 0 Å². The first-order valence-electron chi connectivity index (χ1n) is 4.81. The summed E-state index contributed by atoms with van der Waals surface area (Å²) in [5.41, 5.74) is 2.25. The predicted octanol–water partition coefficient (Wildman–Crippen LogP) is 2.71.